The van der Waals surface area contributed by atoms with Gasteiger partial charge in [0.15, 0.2) is 5.60 Å². The van der Waals surface area contributed by atoms with Gasteiger partial charge in [-0.05, 0) is 61.1 Å². The summed E-state index contributed by atoms with van der Waals surface area (Å²) in [5, 5.41) is 12.2. The molecule has 1 unspecified atom stereocenters. The Balaban J connectivity index is 1.63. The van der Waals surface area contributed by atoms with Gasteiger partial charge in [0, 0.05) is 12.2 Å². The van der Waals surface area contributed by atoms with E-state index >= 15 is 0 Å². The van der Waals surface area contributed by atoms with E-state index in [1.807, 2.05) is 0 Å². The molecule has 1 atom stereocenters. The smallest absolute Gasteiger partial charge is 0.376 e. The monoisotopic (exact) mass is 456 g/mol. The average Bonchev–Trinajstić information content (AvgIpc) is 3.51. The van der Waals surface area contributed by atoms with Crippen molar-refractivity contribution in [3.63, 3.8) is 0 Å². The van der Waals surface area contributed by atoms with Gasteiger partial charge in [0.2, 0.25) is 15.9 Å². The van der Waals surface area contributed by atoms with Crippen molar-refractivity contribution in [2.24, 2.45) is 5.92 Å². The van der Waals surface area contributed by atoms with Crippen molar-refractivity contribution in [3.05, 3.63) is 59.7 Å². The van der Waals surface area contributed by atoms with Crippen LogP contribution in [0.4, 0.5) is 18.9 Å². The Morgan fingerprint density at radius 3 is 2.35 bits per heavy atom. The van der Waals surface area contributed by atoms with E-state index in [1.165, 1.54) is 24.3 Å². The number of anilines is 1. The van der Waals surface area contributed by atoms with Crippen LogP contribution < -0.4 is 10.0 Å². The lowest BCUT2D eigenvalue weighted by atomic mass is 9.95. The second-order valence-corrected chi connectivity index (χ2v) is 9.58. The van der Waals surface area contributed by atoms with Gasteiger partial charge in [-0.1, -0.05) is 24.3 Å². The maximum atomic E-state index is 12.9. The first-order valence-corrected chi connectivity index (χ1v) is 11.1. The number of aliphatic hydroxyl groups is 1. The van der Waals surface area contributed by atoms with Crippen LogP contribution in [-0.2, 0) is 26.8 Å². The molecule has 0 bridgehead atoms. The number of carbonyl (C=O) groups is 1. The number of sulfonamides is 1. The van der Waals surface area contributed by atoms with Gasteiger partial charge in [0.1, 0.15) is 0 Å². The van der Waals surface area contributed by atoms with E-state index in [4.69, 9.17) is 0 Å². The molecule has 0 heterocycles. The van der Waals surface area contributed by atoms with Gasteiger partial charge >= 0.3 is 6.18 Å². The number of halogens is 3. The molecule has 0 radical (unpaired) electrons. The summed E-state index contributed by atoms with van der Waals surface area (Å²) in [4.78, 5) is 12.4. The molecule has 0 saturated heterocycles. The van der Waals surface area contributed by atoms with E-state index in [1.54, 1.807) is 12.1 Å². The van der Waals surface area contributed by atoms with Gasteiger partial charge < -0.3 is 10.4 Å². The zero-order valence-electron chi connectivity index (χ0n) is 16.7. The molecule has 6 nitrogen and oxygen atoms in total. The minimum Gasteiger partial charge on any atom is -0.376 e. The Hall–Kier alpha value is -2.43. The van der Waals surface area contributed by atoms with E-state index in [9.17, 15) is 31.5 Å². The van der Waals surface area contributed by atoms with Crippen molar-refractivity contribution >= 4 is 21.6 Å². The van der Waals surface area contributed by atoms with Crippen molar-refractivity contribution in [1.82, 2.24) is 4.72 Å². The van der Waals surface area contributed by atoms with Gasteiger partial charge in [-0.25, -0.2) is 13.1 Å². The van der Waals surface area contributed by atoms with Crippen molar-refractivity contribution < 1.29 is 31.5 Å². The molecule has 1 amide bonds. The molecule has 0 aliphatic heterocycles. The first-order chi connectivity index (χ1) is 14.4. The van der Waals surface area contributed by atoms with Crippen molar-refractivity contribution in [2.45, 2.75) is 42.9 Å². The van der Waals surface area contributed by atoms with Crippen LogP contribution in [0.5, 0.6) is 0 Å². The molecule has 168 valence electrons. The quantitative estimate of drug-likeness (QED) is 0.568. The Morgan fingerprint density at radius 2 is 1.77 bits per heavy atom. The van der Waals surface area contributed by atoms with E-state index in [0.717, 1.165) is 25.0 Å². The lowest BCUT2D eigenvalue weighted by Crippen LogP contribution is -2.39. The van der Waals surface area contributed by atoms with Gasteiger partial charge in [0.25, 0.3) is 0 Å². The predicted molar refractivity (Wildman–Crippen MR) is 109 cm³/mol. The topological polar surface area (TPSA) is 95.5 Å². The minimum atomic E-state index is -4.84. The van der Waals surface area contributed by atoms with Gasteiger partial charge in [0.05, 0.1) is 11.3 Å². The SMILES string of the molecule is CC(O)(c1ccc(NC(=O)Cc2cccc(S(=O)(=O)NCC3CC3)c2)cc1)C(F)(F)F. The summed E-state index contributed by atoms with van der Waals surface area (Å²) in [5.41, 5.74) is -2.63. The molecule has 0 spiro atoms. The number of nitrogens with one attached hydrogen (secondary N) is 2. The van der Waals surface area contributed by atoms with Gasteiger partial charge in [-0.2, -0.15) is 13.2 Å². The number of rotatable bonds is 8. The summed E-state index contributed by atoms with van der Waals surface area (Å²) in [5.74, 6) is -0.0780. The third-order valence-corrected chi connectivity index (χ3v) is 6.54. The maximum Gasteiger partial charge on any atom is 0.421 e. The Morgan fingerprint density at radius 1 is 1.13 bits per heavy atom. The fourth-order valence-electron chi connectivity index (χ4n) is 2.89. The highest BCUT2D eigenvalue weighted by molar-refractivity contribution is 7.89. The largest absolute Gasteiger partial charge is 0.421 e. The lowest BCUT2D eigenvalue weighted by molar-refractivity contribution is -0.258. The third kappa shape index (κ3) is 5.84. The van der Waals surface area contributed by atoms with E-state index in [2.05, 4.69) is 10.0 Å². The predicted octanol–water partition coefficient (Wildman–Crippen LogP) is 3.33. The summed E-state index contributed by atoms with van der Waals surface area (Å²) in [6, 6.07) is 10.7. The van der Waals surface area contributed by atoms with E-state index < -0.39 is 27.7 Å². The molecule has 1 aliphatic carbocycles. The van der Waals surface area contributed by atoms with Crippen LogP contribution in [0.25, 0.3) is 0 Å². The first kappa shape index (κ1) is 23.2. The fourth-order valence-corrected chi connectivity index (χ4v) is 4.07. The maximum absolute atomic E-state index is 12.9. The molecule has 0 aromatic heterocycles. The molecular weight excluding hydrogens is 433 g/mol. The van der Waals surface area contributed by atoms with Crippen LogP contribution in [0.3, 0.4) is 0 Å². The fraction of sp³-hybridized carbons (Fsp3) is 0.381. The van der Waals surface area contributed by atoms with Crippen molar-refractivity contribution in [1.29, 1.82) is 0 Å². The first-order valence-electron chi connectivity index (χ1n) is 9.66. The molecule has 10 heteroatoms. The molecule has 31 heavy (non-hydrogen) atoms. The zero-order chi connectivity index (χ0) is 22.9. The van der Waals surface area contributed by atoms with Gasteiger partial charge in [-0.3, -0.25) is 4.79 Å². The molecule has 1 fully saturated rings. The van der Waals surface area contributed by atoms with Crippen LogP contribution in [0, 0.1) is 5.92 Å². The van der Waals surface area contributed by atoms with Crippen LogP contribution in [0.2, 0.25) is 0 Å². The summed E-state index contributed by atoms with van der Waals surface area (Å²) in [7, 11) is -3.66. The number of alkyl halides is 3. The summed E-state index contributed by atoms with van der Waals surface area (Å²) >= 11 is 0. The molecule has 3 rings (SSSR count). The highest BCUT2D eigenvalue weighted by atomic mass is 32.2. The highest BCUT2D eigenvalue weighted by Gasteiger charge is 2.51. The molecule has 2 aromatic rings. The minimum absolute atomic E-state index is 0.0668. The van der Waals surface area contributed by atoms with Crippen LogP contribution >= 0.6 is 0 Å². The van der Waals surface area contributed by atoms with Crippen LogP contribution in [0.15, 0.2) is 53.4 Å². The third-order valence-electron chi connectivity index (χ3n) is 5.12. The molecular formula is C21H23F3N2O4S. The van der Waals surface area contributed by atoms with Crippen LogP contribution in [0.1, 0.15) is 30.9 Å². The van der Waals surface area contributed by atoms with Crippen molar-refractivity contribution in [3.8, 4) is 0 Å². The number of hydrogen-bond donors (Lipinski definition) is 3. The second-order valence-electron chi connectivity index (χ2n) is 7.81. The van der Waals surface area contributed by atoms with E-state index in [0.29, 0.717) is 24.9 Å². The zero-order valence-corrected chi connectivity index (χ0v) is 17.6. The van der Waals surface area contributed by atoms with Gasteiger partial charge in [-0.15, -0.1) is 0 Å². The number of carbonyl (C=O) groups excluding carboxylic acids is 1. The average molecular weight is 456 g/mol. The Labute approximate surface area is 178 Å². The Kier molecular flexibility index (Phi) is 6.45. The number of benzene rings is 2. The Bertz CT molecular complexity index is 1050. The summed E-state index contributed by atoms with van der Waals surface area (Å²) in [6.45, 7) is 1.05. The number of hydrogen-bond acceptors (Lipinski definition) is 4. The molecule has 2 aromatic carbocycles. The summed E-state index contributed by atoms with van der Waals surface area (Å²) < 4.78 is 66.0. The molecule has 3 N–H and O–H groups in total. The highest BCUT2D eigenvalue weighted by Crippen LogP contribution is 2.38. The molecule has 1 aliphatic rings. The second kappa shape index (κ2) is 8.60. The summed E-state index contributed by atoms with van der Waals surface area (Å²) in [6.07, 6.45) is -2.93. The standard InChI is InChI=1S/C21H23F3N2O4S/c1-20(28,21(22,23)24)16-7-9-17(10-8-16)26-19(27)12-15-3-2-4-18(11-15)31(29,30)25-13-14-5-6-14/h2-4,7-11,14,25,28H,5-6,12-13H2,1H3,(H,26,27). The van der Waals surface area contributed by atoms with E-state index in [-0.39, 0.29) is 22.6 Å². The molecule has 1 saturated carbocycles. The number of amides is 1. The normalized spacial score (nSPS) is 16.5. The van der Waals surface area contributed by atoms with Crippen LogP contribution in [-0.4, -0.2) is 32.2 Å². The lowest BCUT2D eigenvalue weighted by Gasteiger charge is -2.26. The van der Waals surface area contributed by atoms with Crippen molar-refractivity contribution in [2.75, 3.05) is 11.9 Å².